The fourth-order valence-electron chi connectivity index (χ4n) is 4.13. The number of halogens is 1. The maximum Gasteiger partial charge on any atom is 0.251 e. The Balaban J connectivity index is 1.68. The maximum absolute atomic E-state index is 13.0. The molecule has 0 spiro atoms. The standard InChI is InChI=1S/C29H37ClN4O3/c1-4-6-12-25-32-27(30)24(19-35)34(25)18-22-13-15-23(16-14-22)28(36)33-26(20(3)5-2)29(37)31-17-21-10-8-7-9-11-21/h7-11,13-16,20,26,35H,4-6,12,17-19H2,1-3H3,(H,31,37)(H,33,36). The normalized spacial score (nSPS) is 12.7. The molecule has 0 bridgehead atoms. The highest BCUT2D eigenvalue weighted by Gasteiger charge is 2.26. The zero-order valence-corrected chi connectivity index (χ0v) is 22.6. The van der Waals surface area contributed by atoms with Gasteiger partial charge in [-0.05, 0) is 35.6 Å². The third-order valence-electron chi connectivity index (χ3n) is 6.65. The van der Waals surface area contributed by atoms with Crippen LogP contribution in [-0.2, 0) is 30.9 Å². The summed E-state index contributed by atoms with van der Waals surface area (Å²) in [7, 11) is 0. The van der Waals surface area contributed by atoms with Gasteiger partial charge in [0.2, 0.25) is 5.91 Å². The summed E-state index contributed by atoms with van der Waals surface area (Å²) < 4.78 is 1.95. The molecule has 1 heterocycles. The van der Waals surface area contributed by atoms with E-state index in [1.165, 1.54) is 0 Å². The Morgan fingerprint density at radius 2 is 1.76 bits per heavy atom. The summed E-state index contributed by atoms with van der Waals surface area (Å²) >= 11 is 6.25. The molecule has 3 N–H and O–H groups in total. The minimum absolute atomic E-state index is 0.0246. The molecule has 7 nitrogen and oxygen atoms in total. The van der Waals surface area contributed by atoms with Gasteiger partial charge in [-0.25, -0.2) is 4.98 Å². The highest BCUT2D eigenvalue weighted by atomic mass is 35.5. The Hall–Kier alpha value is -3.16. The molecule has 0 aliphatic carbocycles. The van der Waals surface area contributed by atoms with Crippen LogP contribution in [0.2, 0.25) is 5.15 Å². The number of amides is 2. The highest BCUT2D eigenvalue weighted by Crippen LogP contribution is 2.21. The number of aryl methyl sites for hydroxylation is 1. The van der Waals surface area contributed by atoms with E-state index < -0.39 is 6.04 Å². The zero-order valence-electron chi connectivity index (χ0n) is 21.8. The van der Waals surface area contributed by atoms with E-state index in [1.807, 2.05) is 60.9 Å². The molecule has 2 atom stereocenters. The first-order valence-corrected chi connectivity index (χ1v) is 13.3. The second-order valence-electron chi connectivity index (χ2n) is 9.35. The number of benzene rings is 2. The third kappa shape index (κ3) is 7.66. The molecule has 2 aromatic carbocycles. The maximum atomic E-state index is 13.0. The van der Waals surface area contributed by atoms with Crippen molar-refractivity contribution >= 4 is 23.4 Å². The number of aliphatic hydroxyl groups excluding tert-OH is 1. The number of aliphatic hydroxyl groups is 1. The Morgan fingerprint density at radius 3 is 2.38 bits per heavy atom. The molecule has 2 amide bonds. The zero-order chi connectivity index (χ0) is 26.8. The fourth-order valence-corrected chi connectivity index (χ4v) is 4.39. The van der Waals surface area contributed by atoms with E-state index in [0.717, 1.165) is 42.6 Å². The summed E-state index contributed by atoms with van der Waals surface area (Å²) in [4.78, 5) is 30.4. The molecule has 8 heteroatoms. The number of nitrogens with zero attached hydrogens (tertiary/aromatic N) is 2. The number of nitrogens with one attached hydrogen (secondary N) is 2. The number of imidazole rings is 1. The average molecular weight is 525 g/mol. The second kappa shape index (κ2) is 14.0. The molecule has 0 saturated heterocycles. The van der Waals surface area contributed by atoms with Gasteiger partial charge in [0.15, 0.2) is 5.15 Å². The highest BCUT2D eigenvalue weighted by molar-refractivity contribution is 6.30. The molecule has 0 aliphatic rings. The quantitative estimate of drug-likeness (QED) is 0.297. The van der Waals surface area contributed by atoms with Gasteiger partial charge in [0.25, 0.3) is 5.91 Å². The lowest BCUT2D eigenvalue weighted by Gasteiger charge is -2.23. The van der Waals surface area contributed by atoms with Gasteiger partial charge in [-0.3, -0.25) is 9.59 Å². The molecule has 3 aromatic rings. The number of carbonyl (C=O) groups is 2. The Labute approximate surface area is 224 Å². The molecule has 198 valence electrons. The second-order valence-corrected chi connectivity index (χ2v) is 9.71. The van der Waals surface area contributed by atoms with Crippen molar-refractivity contribution in [2.75, 3.05) is 0 Å². The number of hydrogen-bond donors (Lipinski definition) is 3. The predicted octanol–water partition coefficient (Wildman–Crippen LogP) is 4.88. The van der Waals surface area contributed by atoms with Crippen LogP contribution in [0, 0.1) is 5.92 Å². The van der Waals surface area contributed by atoms with Gasteiger partial charge in [0.05, 0.1) is 12.3 Å². The van der Waals surface area contributed by atoms with E-state index in [-0.39, 0.29) is 24.3 Å². The Bertz CT molecular complexity index is 1160. The van der Waals surface area contributed by atoms with E-state index in [9.17, 15) is 14.7 Å². The molecular formula is C29H37ClN4O3. The molecule has 0 radical (unpaired) electrons. The lowest BCUT2D eigenvalue weighted by atomic mass is 9.97. The van der Waals surface area contributed by atoms with E-state index in [0.29, 0.717) is 29.5 Å². The SMILES string of the molecule is CCCCc1nc(Cl)c(CO)n1Cc1ccc(C(=O)NC(C(=O)NCc2ccccc2)C(C)CC)cc1. The molecule has 37 heavy (non-hydrogen) atoms. The number of hydrogen-bond acceptors (Lipinski definition) is 4. The summed E-state index contributed by atoms with van der Waals surface area (Å²) in [6, 6.07) is 16.3. The summed E-state index contributed by atoms with van der Waals surface area (Å²) in [6.07, 6.45) is 3.54. The Kier molecular flexibility index (Phi) is 10.7. The number of aromatic nitrogens is 2. The summed E-state index contributed by atoms with van der Waals surface area (Å²) in [5, 5.41) is 16.0. The fraction of sp³-hybridized carbons (Fsp3) is 0.414. The molecule has 2 unspecified atom stereocenters. The summed E-state index contributed by atoms with van der Waals surface area (Å²) in [5.74, 6) is 0.326. The minimum Gasteiger partial charge on any atom is -0.390 e. The van der Waals surface area contributed by atoms with Gasteiger partial charge in [0, 0.05) is 25.1 Å². The number of rotatable bonds is 13. The van der Waals surface area contributed by atoms with E-state index >= 15 is 0 Å². The van der Waals surface area contributed by atoms with Crippen molar-refractivity contribution in [1.29, 1.82) is 0 Å². The van der Waals surface area contributed by atoms with Crippen LogP contribution in [-0.4, -0.2) is 32.5 Å². The van der Waals surface area contributed by atoms with Crippen LogP contribution in [0.5, 0.6) is 0 Å². The van der Waals surface area contributed by atoms with Crippen LogP contribution in [0.15, 0.2) is 54.6 Å². The monoisotopic (exact) mass is 524 g/mol. The van der Waals surface area contributed by atoms with Gasteiger partial charge >= 0.3 is 0 Å². The molecule has 0 aliphatic heterocycles. The molecular weight excluding hydrogens is 488 g/mol. The molecule has 3 rings (SSSR count). The summed E-state index contributed by atoms with van der Waals surface area (Å²) in [6.45, 7) is 6.79. The van der Waals surface area contributed by atoms with Crippen molar-refractivity contribution in [1.82, 2.24) is 20.2 Å². The van der Waals surface area contributed by atoms with E-state index in [1.54, 1.807) is 12.1 Å². The van der Waals surface area contributed by atoms with Crippen LogP contribution in [0.4, 0.5) is 0 Å². The van der Waals surface area contributed by atoms with Crippen LogP contribution in [0.1, 0.15) is 73.0 Å². The van der Waals surface area contributed by atoms with Gasteiger partial charge < -0.3 is 20.3 Å². The first-order chi connectivity index (χ1) is 17.9. The third-order valence-corrected chi connectivity index (χ3v) is 6.96. The topological polar surface area (TPSA) is 96.2 Å². The van der Waals surface area contributed by atoms with Crippen molar-refractivity contribution in [2.45, 2.75) is 72.2 Å². The first-order valence-electron chi connectivity index (χ1n) is 12.9. The number of unbranched alkanes of at least 4 members (excludes halogenated alkanes) is 1. The van der Waals surface area contributed by atoms with Crippen molar-refractivity contribution in [3.05, 3.63) is 88.0 Å². The molecule has 0 fully saturated rings. The van der Waals surface area contributed by atoms with Gasteiger partial charge in [-0.15, -0.1) is 0 Å². The lowest BCUT2D eigenvalue weighted by molar-refractivity contribution is -0.124. The van der Waals surface area contributed by atoms with Crippen molar-refractivity contribution in [3.63, 3.8) is 0 Å². The van der Waals surface area contributed by atoms with Gasteiger partial charge in [-0.1, -0.05) is 87.7 Å². The summed E-state index contributed by atoms with van der Waals surface area (Å²) in [5.41, 5.74) is 3.02. The largest absolute Gasteiger partial charge is 0.390 e. The Morgan fingerprint density at radius 1 is 1.05 bits per heavy atom. The minimum atomic E-state index is -0.637. The predicted molar refractivity (Wildman–Crippen MR) is 146 cm³/mol. The van der Waals surface area contributed by atoms with Crippen LogP contribution >= 0.6 is 11.6 Å². The molecule has 1 aromatic heterocycles. The van der Waals surface area contributed by atoms with Crippen LogP contribution in [0.25, 0.3) is 0 Å². The van der Waals surface area contributed by atoms with Gasteiger partial charge in [0.1, 0.15) is 11.9 Å². The van der Waals surface area contributed by atoms with Crippen molar-refractivity contribution in [2.24, 2.45) is 5.92 Å². The van der Waals surface area contributed by atoms with Crippen molar-refractivity contribution in [3.8, 4) is 0 Å². The first kappa shape index (κ1) is 28.4. The van der Waals surface area contributed by atoms with Crippen LogP contribution < -0.4 is 10.6 Å². The van der Waals surface area contributed by atoms with E-state index in [4.69, 9.17) is 11.6 Å². The van der Waals surface area contributed by atoms with Crippen LogP contribution in [0.3, 0.4) is 0 Å². The van der Waals surface area contributed by atoms with Crippen molar-refractivity contribution < 1.29 is 14.7 Å². The number of carbonyl (C=O) groups excluding carboxylic acids is 2. The average Bonchev–Trinajstić information content (AvgIpc) is 3.22. The lowest BCUT2D eigenvalue weighted by Crippen LogP contribution is -2.50. The molecule has 0 saturated carbocycles. The van der Waals surface area contributed by atoms with Gasteiger partial charge in [-0.2, -0.15) is 0 Å². The van der Waals surface area contributed by atoms with E-state index in [2.05, 4.69) is 22.5 Å². The smallest absolute Gasteiger partial charge is 0.251 e.